The molecule has 2 rings (SSSR count). The molecule has 0 aromatic carbocycles. The fourth-order valence-electron chi connectivity index (χ4n) is 2.88. The van der Waals surface area contributed by atoms with E-state index >= 15 is 0 Å². The number of hydrogen-bond acceptors (Lipinski definition) is 3. The van der Waals surface area contributed by atoms with E-state index in [9.17, 15) is 4.79 Å². The third kappa shape index (κ3) is 3.42. The molecule has 17 heavy (non-hydrogen) atoms. The highest BCUT2D eigenvalue weighted by molar-refractivity contribution is 5.78. The van der Waals surface area contributed by atoms with Gasteiger partial charge in [0.2, 0.25) is 5.91 Å². The van der Waals surface area contributed by atoms with Crippen LogP contribution in [0.3, 0.4) is 0 Å². The van der Waals surface area contributed by atoms with Crippen LogP contribution >= 0.6 is 0 Å². The summed E-state index contributed by atoms with van der Waals surface area (Å²) in [6, 6.07) is 0.477. The van der Waals surface area contributed by atoms with Gasteiger partial charge in [-0.05, 0) is 19.3 Å². The van der Waals surface area contributed by atoms with E-state index in [2.05, 4.69) is 17.1 Å². The van der Waals surface area contributed by atoms with Crippen LogP contribution < -0.4 is 5.32 Å². The highest BCUT2D eigenvalue weighted by Gasteiger charge is 2.34. The molecule has 0 spiro atoms. The molecule has 1 saturated heterocycles. The summed E-state index contributed by atoms with van der Waals surface area (Å²) in [4.78, 5) is 14.1. The van der Waals surface area contributed by atoms with Crippen LogP contribution in [0.25, 0.3) is 0 Å². The monoisotopic (exact) mass is 240 g/mol. The Bertz CT molecular complexity index is 256. The molecule has 1 heterocycles. The number of ether oxygens (including phenoxy) is 1. The van der Waals surface area contributed by atoms with Crippen LogP contribution in [0.15, 0.2) is 0 Å². The summed E-state index contributed by atoms with van der Waals surface area (Å²) in [5, 5.41) is 2.95. The Balaban J connectivity index is 1.83. The summed E-state index contributed by atoms with van der Waals surface area (Å²) >= 11 is 0. The standard InChI is InChI=1S/C13H24N2O2/c1-2-7-14-13(16)10-15-8-9-17-12-6-4-3-5-11(12)15/h11-12H,2-10H2,1H3,(H,14,16). The SMILES string of the molecule is CCCNC(=O)CN1CCOC2CCCCC21. The summed E-state index contributed by atoms with van der Waals surface area (Å²) in [5.74, 6) is 0.165. The molecule has 4 heteroatoms. The maximum absolute atomic E-state index is 11.8. The molecule has 0 aromatic rings. The number of amides is 1. The first-order valence-electron chi connectivity index (χ1n) is 6.93. The Kier molecular flexibility index (Phi) is 4.80. The first kappa shape index (κ1) is 12.8. The van der Waals surface area contributed by atoms with Gasteiger partial charge in [0.15, 0.2) is 0 Å². The van der Waals surface area contributed by atoms with Gasteiger partial charge >= 0.3 is 0 Å². The summed E-state index contributed by atoms with van der Waals surface area (Å²) < 4.78 is 5.80. The van der Waals surface area contributed by atoms with E-state index in [-0.39, 0.29) is 5.91 Å². The lowest BCUT2D eigenvalue weighted by Gasteiger charge is -2.43. The molecule has 1 amide bonds. The molecule has 0 bridgehead atoms. The van der Waals surface area contributed by atoms with Crippen molar-refractivity contribution in [2.24, 2.45) is 0 Å². The Hall–Kier alpha value is -0.610. The third-order valence-electron chi connectivity index (χ3n) is 3.77. The molecule has 2 unspecified atom stereocenters. The molecule has 2 fully saturated rings. The Morgan fingerprint density at radius 2 is 2.24 bits per heavy atom. The predicted molar refractivity (Wildman–Crippen MR) is 66.9 cm³/mol. The van der Waals surface area contributed by atoms with Gasteiger partial charge in [-0.1, -0.05) is 19.8 Å². The molecule has 2 atom stereocenters. The lowest BCUT2D eigenvalue weighted by atomic mass is 9.90. The smallest absolute Gasteiger partial charge is 0.234 e. The van der Waals surface area contributed by atoms with Gasteiger partial charge in [0.25, 0.3) is 0 Å². The van der Waals surface area contributed by atoms with E-state index in [4.69, 9.17) is 4.74 Å². The van der Waals surface area contributed by atoms with Gasteiger partial charge in [0.05, 0.1) is 19.3 Å². The van der Waals surface area contributed by atoms with Crippen molar-refractivity contribution in [1.82, 2.24) is 10.2 Å². The summed E-state index contributed by atoms with van der Waals surface area (Å²) in [7, 11) is 0. The average molecular weight is 240 g/mol. The minimum absolute atomic E-state index is 0.165. The second-order valence-corrected chi connectivity index (χ2v) is 5.08. The first-order chi connectivity index (χ1) is 8.31. The minimum atomic E-state index is 0.165. The average Bonchev–Trinajstić information content (AvgIpc) is 2.37. The van der Waals surface area contributed by atoms with Crippen molar-refractivity contribution >= 4 is 5.91 Å². The van der Waals surface area contributed by atoms with E-state index < -0.39 is 0 Å². The van der Waals surface area contributed by atoms with Crippen molar-refractivity contribution in [3.63, 3.8) is 0 Å². The fraction of sp³-hybridized carbons (Fsp3) is 0.923. The van der Waals surface area contributed by atoms with Crippen LogP contribution in [0.4, 0.5) is 0 Å². The largest absolute Gasteiger partial charge is 0.375 e. The van der Waals surface area contributed by atoms with Crippen molar-refractivity contribution in [3.8, 4) is 0 Å². The lowest BCUT2D eigenvalue weighted by Crippen LogP contribution is -2.55. The Morgan fingerprint density at radius 1 is 1.41 bits per heavy atom. The topological polar surface area (TPSA) is 41.6 Å². The van der Waals surface area contributed by atoms with Gasteiger partial charge in [-0.25, -0.2) is 0 Å². The second kappa shape index (κ2) is 6.36. The predicted octanol–water partition coefficient (Wildman–Crippen LogP) is 1.16. The highest BCUT2D eigenvalue weighted by Crippen LogP contribution is 2.27. The van der Waals surface area contributed by atoms with E-state index in [1.54, 1.807) is 0 Å². The van der Waals surface area contributed by atoms with Gasteiger partial charge in [-0.2, -0.15) is 0 Å². The van der Waals surface area contributed by atoms with Crippen LogP contribution in [0, 0.1) is 0 Å². The molecule has 1 saturated carbocycles. The number of nitrogens with zero attached hydrogens (tertiary/aromatic N) is 1. The van der Waals surface area contributed by atoms with E-state index in [0.29, 0.717) is 18.7 Å². The van der Waals surface area contributed by atoms with E-state index in [1.807, 2.05) is 0 Å². The number of fused-ring (bicyclic) bond motifs is 1. The Morgan fingerprint density at radius 3 is 3.06 bits per heavy atom. The van der Waals surface area contributed by atoms with Gasteiger partial charge in [-0.15, -0.1) is 0 Å². The van der Waals surface area contributed by atoms with E-state index in [0.717, 1.165) is 32.5 Å². The zero-order valence-corrected chi connectivity index (χ0v) is 10.8. The molecular weight excluding hydrogens is 216 g/mol. The zero-order valence-electron chi connectivity index (χ0n) is 10.8. The van der Waals surface area contributed by atoms with Crippen LogP contribution in [-0.4, -0.2) is 49.2 Å². The number of carbonyl (C=O) groups excluding carboxylic acids is 1. The van der Waals surface area contributed by atoms with Crippen molar-refractivity contribution in [1.29, 1.82) is 0 Å². The quantitative estimate of drug-likeness (QED) is 0.801. The van der Waals surface area contributed by atoms with Crippen molar-refractivity contribution in [2.45, 2.75) is 51.2 Å². The number of morpholine rings is 1. The first-order valence-corrected chi connectivity index (χ1v) is 6.93. The molecule has 1 aliphatic carbocycles. The van der Waals surface area contributed by atoms with Gasteiger partial charge in [-0.3, -0.25) is 9.69 Å². The molecule has 1 N–H and O–H groups in total. The van der Waals surface area contributed by atoms with Gasteiger partial charge in [0, 0.05) is 19.1 Å². The summed E-state index contributed by atoms with van der Waals surface area (Å²) in [6.45, 7) is 5.09. The molecule has 2 aliphatic rings. The van der Waals surface area contributed by atoms with Crippen LogP contribution in [0.1, 0.15) is 39.0 Å². The lowest BCUT2D eigenvalue weighted by molar-refractivity contribution is -0.129. The van der Waals surface area contributed by atoms with E-state index in [1.165, 1.54) is 19.3 Å². The normalized spacial score (nSPS) is 29.7. The maximum atomic E-state index is 11.8. The molecule has 0 aromatic heterocycles. The fourth-order valence-corrected chi connectivity index (χ4v) is 2.88. The van der Waals surface area contributed by atoms with Crippen molar-refractivity contribution < 1.29 is 9.53 Å². The van der Waals surface area contributed by atoms with Crippen LogP contribution in [-0.2, 0) is 9.53 Å². The van der Waals surface area contributed by atoms with Gasteiger partial charge < -0.3 is 10.1 Å². The molecule has 98 valence electrons. The van der Waals surface area contributed by atoms with Crippen LogP contribution in [0.5, 0.6) is 0 Å². The number of rotatable bonds is 4. The molecule has 4 nitrogen and oxygen atoms in total. The van der Waals surface area contributed by atoms with Crippen molar-refractivity contribution in [3.05, 3.63) is 0 Å². The molecule has 0 radical (unpaired) electrons. The van der Waals surface area contributed by atoms with Crippen LogP contribution in [0.2, 0.25) is 0 Å². The van der Waals surface area contributed by atoms with Gasteiger partial charge in [0.1, 0.15) is 0 Å². The second-order valence-electron chi connectivity index (χ2n) is 5.08. The van der Waals surface area contributed by atoms with Crippen molar-refractivity contribution in [2.75, 3.05) is 26.2 Å². The highest BCUT2D eigenvalue weighted by atomic mass is 16.5. The Labute approximate surface area is 104 Å². The zero-order chi connectivity index (χ0) is 12.1. The summed E-state index contributed by atoms with van der Waals surface area (Å²) in [5.41, 5.74) is 0. The third-order valence-corrected chi connectivity index (χ3v) is 3.77. The number of hydrogen-bond donors (Lipinski definition) is 1. The molecular formula is C13H24N2O2. The minimum Gasteiger partial charge on any atom is -0.375 e. The summed E-state index contributed by atoms with van der Waals surface area (Å²) in [6.07, 6.45) is 6.27. The number of carbonyl (C=O) groups is 1. The molecule has 1 aliphatic heterocycles. The number of nitrogens with one attached hydrogen (secondary N) is 1. The maximum Gasteiger partial charge on any atom is 0.234 e.